The molecule has 3 aliphatic rings. The summed E-state index contributed by atoms with van der Waals surface area (Å²) in [7, 11) is 0. The van der Waals surface area contributed by atoms with Crippen LogP contribution in [0.5, 0.6) is 0 Å². The van der Waals surface area contributed by atoms with E-state index in [4.69, 9.17) is 9.57 Å². The van der Waals surface area contributed by atoms with Crippen molar-refractivity contribution in [2.24, 2.45) is 11.1 Å². The number of oxime groups is 1. The van der Waals surface area contributed by atoms with Crippen LogP contribution in [0, 0.1) is 5.92 Å². The largest absolute Gasteiger partial charge is 0.382 e. The molecule has 12 heavy (non-hydrogen) atoms. The molecule has 0 amide bonds. The monoisotopic (exact) mass is 167 g/mol. The zero-order chi connectivity index (χ0) is 7.97. The van der Waals surface area contributed by atoms with Crippen LogP contribution in [-0.4, -0.2) is 24.8 Å². The van der Waals surface area contributed by atoms with Crippen molar-refractivity contribution >= 4 is 6.21 Å². The van der Waals surface area contributed by atoms with Gasteiger partial charge in [-0.25, -0.2) is 0 Å². The molecule has 1 saturated heterocycles. The number of hydrogen-bond acceptors (Lipinski definition) is 5. The average Bonchev–Trinajstić information content (AvgIpc) is 2.62. The zero-order valence-electron chi connectivity index (χ0n) is 6.31. The van der Waals surface area contributed by atoms with Crippen molar-refractivity contribution in [2.45, 2.75) is 18.6 Å². The van der Waals surface area contributed by atoms with E-state index in [-0.39, 0.29) is 24.5 Å². The molecule has 1 fully saturated rings. The van der Waals surface area contributed by atoms with Gasteiger partial charge in [0.2, 0.25) is 6.29 Å². The number of ether oxygens (including phenoxy) is 1. The Labute approximate surface area is 69.4 Å². The molecule has 5 heteroatoms. The molecule has 5 nitrogen and oxygen atoms in total. The van der Waals surface area contributed by atoms with E-state index in [1.165, 1.54) is 0 Å². The Bertz CT molecular complexity index is 253. The highest BCUT2D eigenvalue weighted by Crippen LogP contribution is 2.30. The first-order valence-corrected chi connectivity index (χ1v) is 3.97. The molecule has 0 radical (unpaired) electrons. The summed E-state index contributed by atoms with van der Waals surface area (Å²) < 4.78 is 5.52. The van der Waals surface area contributed by atoms with E-state index >= 15 is 0 Å². The lowest BCUT2D eigenvalue weighted by Crippen LogP contribution is -2.47. The normalized spacial score (nSPS) is 47.3. The lowest BCUT2D eigenvalue weighted by atomic mass is 10.0. The van der Waals surface area contributed by atoms with Gasteiger partial charge in [0.1, 0.15) is 0 Å². The lowest BCUT2D eigenvalue weighted by Gasteiger charge is -2.24. The van der Waals surface area contributed by atoms with Crippen LogP contribution in [-0.2, 0) is 9.57 Å². The van der Waals surface area contributed by atoms with Gasteiger partial charge in [0.15, 0.2) is 6.23 Å². The van der Waals surface area contributed by atoms with E-state index in [0.717, 1.165) is 0 Å². The van der Waals surface area contributed by atoms with Crippen LogP contribution in [0.1, 0.15) is 0 Å². The second-order valence-electron chi connectivity index (χ2n) is 3.05. The van der Waals surface area contributed by atoms with Crippen LogP contribution in [0.2, 0.25) is 0 Å². The standard InChI is InChI=1S/C7H9N3O2/c1-2-9-6-5(8-1)4-3-10-12-7(4)11-6/h1-9H. The highest BCUT2D eigenvalue weighted by molar-refractivity contribution is 5.64. The van der Waals surface area contributed by atoms with Crippen LogP contribution in [0.3, 0.4) is 0 Å². The molecule has 3 heterocycles. The molecule has 64 valence electrons. The molecule has 0 aliphatic carbocycles. The van der Waals surface area contributed by atoms with Crippen molar-refractivity contribution in [3.05, 3.63) is 12.4 Å². The minimum Gasteiger partial charge on any atom is -0.382 e. The van der Waals surface area contributed by atoms with Crippen molar-refractivity contribution in [3.8, 4) is 0 Å². The fourth-order valence-corrected chi connectivity index (χ4v) is 1.76. The van der Waals surface area contributed by atoms with Gasteiger partial charge in [-0.15, -0.1) is 0 Å². The quantitative estimate of drug-likeness (QED) is 0.502. The van der Waals surface area contributed by atoms with Gasteiger partial charge in [0, 0.05) is 12.4 Å². The summed E-state index contributed by atoms with van der Waals surface area (Å²) in [6.07, 6.45) is 5.30. The number of nitrogens with one attached hydrogen (secondary N) is 2. The summed E-state index contributed by atoms with van der Waals surface area (Å²) in [6, 6.07) is 0.242. The lowest BCUT2D eigenvalue weighted by molar-refractivity contribution is -0.133. The third-order valence-corrected chi connectivity index (χ3v) is 2.37. The van der Waals surface area contributed by atoms with Gasteiger partial charge in [0.05, 0.1) is 18.2 Å². The Morgan fingerprint density at radius 3 is 3.17 bits per heavy atom. The highest BCUT2D eigenvalue weighted by Gasteiger charge is 2.48. The number of rotatable bonds is 0. The number of fused-ring (bicyclic) bond motifs is 3. The maximum absolute atomic E-state index is 5.52. The first-order valence-electron chi connectivity index (χ1n) is 3.97. The van der Waals surface area contributed by atoms with E-state index < -0.39 is 0 Å². The molecule has 0 aromatic carbocycles. The van der Waals surface area contributed by atoms with Gasteiger partial charge in [-0.1, -0.05) is 5.16 Å². The molecule has 3 rings (SSSR count). The number of hydrogen-bond donors (Lipinski definition) is 2. The third kappa shape index (κ3) is 0.687. The highest BCUT2D eigenvalue weighted by atomic mass is 16.8. The summed E-state index contributed by atoms with van der Waals surface area (Å²) in [4.78, 5) is 5.01. The predicted octanol–water partition coefficient (Wildman–Crippen LogP) is -0.666. The van der Waals surface area contributed by atoms with E-state index in [0.29, 0.717) is 0 Å². The Hall–Kier alpha value is -1.23. The van der Waals surface area contributed by atoms with Gasteiger partial charge >= 0.3 is 0 Å². The van der Waals surface area contributed by atoms with Crippen LogP contribution < -0.4 is 10.6 Å². The van der Waals surface area contributed by atoms with Crippen molar-refractivity contribution in [1.29, 1.82) is 0 Å². The summed E-state index contributed by atoms with van der Waals surface area (Å²) in [5.74, 6) is 0.229. The van der Waals surface area contributed by atoms with Gasteiger partial charge < -0.3 is 20.2 Å². The Morgan fingerprint density at radius 1 is 1.25 bits per heavy atom. The average molecular weight is 167 g/mol. The summed E-state index contributed by atoms with van der Waals surface area (Å²) in [6.45, 7) is 0. The SMILES string of the molecule is C1=CNC2C(N1)OC1ON=CC12. The molecule has 0 spiro atoms. The Balaban J connectivity index is 1.88. The molecule has 0 bridgehead atoms. The number of nitrogens with zero attached hydrogens (tertiary/aromatic N) is 1. The first kappa shape index (κ1) is 6.30. The fraction of sp³-hybridized carbons (Fsp3) is 0.571. The van der Waals surface area contributed by atoms with Crippen LogP contribution in [0.25, 0.3) is 0 Å². The molecular formula is C7H9N3O2. The first-order chi connectivity index (χ1) is 5.95. The summed E-state index contributed by atoms with van der Waals surface area (Å²) >= 11 is 0. The van der Waals surface area contributed by atoms with Crippen LogP contribution in [0.4, 0.5) is 0 Å². The predicted molar refractivity (Wildman–Crippen MR) is 40.9 cm³/mol. The van der Waals surface area contributed by atoms with E-state index in [9.17, 15) is 0 Å². The zero-order valence-corrected chi connectivity index (χ0v) is 6.31. The molecular weight excluding hydrogens is 158 g/mol. The fourth-order valence-electron chi connectivity index (χ4n) is 1.76. The molecule has 0 saturated carbocycles. The minimum atomic E-state index is -0.208. The van der Waals surface area contributed by atoms with Gasteiger partial charge in [-0.05, 0) is 0 Å². The van der Waals surface area contributed by atoms with Gasteiger partial charge in [-0.2, -0.15) is 0 Å². The van der Waals surface area contributed by atoms with Crippen molar-refractivity contribution < 1.29 is 9.57 Å². The molecule has 4 unspecified atom stereocenters. The topological polar surface area (TPSA) is 54.9 Å². The van der Waals surface area contributed by atoms with Crippen molar-refractivity contribution in [1.82, 2.24) is 10.6 Å². The van der Waals surface area contributed by atoms with E-state index in [2.05, 4.69) is 15.8 Å². The smallest absolute Gasteiger partial charge is 0.238 e. The van der Waals surface area contributed by atoms with E-state index in [1.54, 1.807) is 6.21 Å². The maximum atomic E-state index is 5.52. The van der Waals surface area contributed by atoms with Crippen LogP contribution >= 0.6 is 0 Å². The Kier molecular flexibility index (Phi) is 1.12. The minimum absolute atomic E-state index is 0.0109. The van der Waals surface area contributed by atoms with Crippen LogP contribution in [0.15, 0.2) is 17.6 Å². The van der Waals surface area contributed by atoms with Crippen molar-refractivity contribution in [2.75, 3.05) is 0 Å². The van der Waals surface area contributed by atoms with E-state index in [1.807, 2.05) is 12.4 Å². The van der Waals surface area contributed by atoms with Gasteiger partial charge in [-0.3, -0.25) is 0 Å². The Morgan fingerprint density at radius 2 is 2.17 bits per heavy atom. The maximum Gasteiger partial charge on any atom is 0.238 e. The molecule has 0 aromatic heterocycles. The van der Waals surface area contributed by atoms with Crippen molar-refractivity contribution in [3.63, 3.8) is 0 Å². The third-order valence-electron chi connectivity index (χ3n) is 2.37. The summed E-state index contributed by atoms with van der Waals surface area (Å²) in [5.41, 5.74) is 0. The summed E-state index contributed by atoms with van der Waals surface area (Å²) in [5, 5.41) is 10.0. The second kappa shape index (κ2) is 2.13. The molecule has 2 N–H and O–H groups in total. The second-order valence-corrected chi connectivity index (χ2v) is 3.05. The van der Waals surface area contributed by atoms with Gasteiger partial charge in [0.25, 0.3) is 0 Å². The molecule has 0 aromatic rings. The molecule has 4 atom stereocenters. The molecule has 3 aliphatic heterocycles.